The second kappa shape index (κ2) is 9.52. The van der Waals surface area contributed by atoms with Gasteiger partial charge in [-0.25, -0.2) is 0 Å². The molecule has 0 aliphatic carbocycles. The van der Waals surface area contributed by atoms with Crippen molar-refractivity contribution in [2.24, 2.45) is 0 Å². The minimum atomic E-state index is -0.0100. The topological polar surface area (TPSA) is 58.3 Å². The molecule has 0 spiro atoms. The molecule has 1 aromatic rings. The Labute approximate surface area is 158 Å². The lowest BCUT2D eigenvalue weighted by Crippen LogP contribution is -3.14. The van der Waals surface area contributed by atoms with Crippen LogP contribution >= 0.6 is 22.9 Å². The third-order valence-electron chi connectivity index (χ3n) is 4.24. The standard InChI is InChI=1S/C17H27ClN4O2S/c1-13(2)19-16(23)11-20(3)12-17(24)22-8-6-21(7-9-22)10-14-4-5-15(18)25-14/h4-5,13H,6-12H2,1-3H3,(H,19,23)/p+2. The molecule has 1 unspecified atom stereocenters. The number of nitrogens with zero attached hydrogens (tertiary/aromatic N) is 1. The van der Waals surface area contributed by atoms with Crippen molar-refractivity contribution in [3.8, 4) is 0 Å². The third kappa shape index (κ3) is 6.93. The first-order valence-electron chi connectivity index (χ1n) is 8.79. The zero-order valence-electron chi connectivity index (χ0n) is 15.2. The van der Waals surface area contributed by atoms with Gasteiger partial charge < -0.3 is 20.0 Å². The number of thiophene rings is 1. The molecule has 1 aromatic heterocycles. The third-order valence-corrected chi connectivity index (χ3v) is 5.47. The maximum absolute atomic E-state index is 12.4. The van der Waals surface area contributed by atoms with Gasteiger partial charge in [0.15, 0.2) is 13.1 Å². The molecule has 1 saturated heterocycles. The molecule has 3 N–H and O–H groups in total. The molecule has 25 heavy (non-hydrogen) atoms. The van der Waals surface area contributed by atoms with Gasteiger partial charge in [-0.3, -0.25) is 9.59 Å². The quantitative estimate of drug-likeness (QED) is 0.542. The average molecular weight is 389 g/mol. The van der Waals surface area contributed by atoms with Crippen molar-refractivity contribution in [1.82, 2.24) is 10.2 Å². The Bertz CT molecular complexity index is 585. The molecule has 1 aliphatic heterocycles. The summed E-state index contributed by atoms with van der Waals surface area (Å²) in [6.07, 6.45) is 0. The van der Waals surface area contributed by atoms with Crippen molar-refractivity contribution in [3.63, 3.8) is 0 Å². The number of likely N-dealkylation sites (N-methyl/N-ethyl adjacent to an activating group) is 1. The molecule has 0 saturated carbocycles. The number of carbonyl (C=O) groups excluding carboxylic acids is 2. The Kier molecular flexibility index (Phi) is 7.68. The van der Waals surface area contributed by atoms with Gasteiger partial charge >= 0.3 is 0 Å². The molecule has 1 aliphatic rings. The molecule has 140 valence electrons. The van der Waals surface area contributed by atoms with Crippen molar-refractivity contribution in [2.45, 2.75) is 26.4 Å². The lowest BCUT2D eigenvalue weighted by atomic mass is 10.3. The lowest BCUT2D eigenvalue weighted by Gasteiger charge is -2.32. The number of amides is 2. The van der Waals surface area contributed by atoms with Crippen LogP contribution < -0.4 is 15.1 Å². The predicted molar refractivity (Wildman–Crippen MR) is 100 cm³/mol. The van der Waals surface area contributed by atoms with Crippen LogP contribution in [0.4, 0.5) is 0 Å². The number of carbonyl (C=O) groups is 2. The molecule has 1 fully saturated rings. The van der Waals surface area contributed by atoms with Crippen LogP contribution in [0.25, 0.3) is 0 Å². The zero-order chi connectivity index (χ0) is 18.4. The zero-order valence-corrected chi connectivity index (χ0v) is 16.8. The highest BCUT2D eigenvalue weighted by molar-refractivity contribution is 7.16. The highest BCUT2D eigenvalue weighted by Crippen LogP contribution is 2.20. The van der Waals surface area contributed by atoms with Crippen molar-refractivity contribution in [3.05, 3.63) is 21.3 Å². The van der Waals surface area contributed by atoms with E-state index in [0.29, 0.717) is 13.1 Å². The molecular weight excluding hydrogens is 360 g/mol. The summed E-state index contributed by atoms with van der Waals surface area (Å²) in [6.45, 7) is 8.99. The Morgan fingerprint density at radius 1 is 1.32 bits per heavy atom. The van der Waals surface area contributed by atoms with E-state index in [0.717, 1.165) is 42.0 Å². The van der Waals surface area contributed by atoms with Crippen LogP contribution in [-0.2, 0) is 16.1 Å². The fourth-order valence-electron chi connectivity index (χ4n) is 3.02. The van der Waals surface area contributed by atoms with Crippen molar-refractivity contribution < 1.29 is 19.4 Å². The first-order valence-corrected chi connectivity index (χ1v) is 9.99. The highest BCUT2D eigenvalue weighted by Gasteiger charge is 2.26. The summed E-state index contributed by atoms with van der Waals surface area (Å²) < 4.78 is 0.829. The van der Waals surface area contributed by atoms with E-state index in [1.165, 1.54) is 9.78 Å². The second-order valence-corrected chi connectivity index (χ2v) is 8.85. The minimum absolute atomic E-state index is 0.0100. The molecular formula is C17H29ClN4O2S+2. The summed E-state index contributed by atoms with van der Waals surface area (Å²) >= 11 is 7.61. The second-order valence-electron chi connectivity index (χ2n) is 7.05. The van der Waals surface area contributed by atoms with E-state index >= 15 is 0 Å². The fourth-order valence-corrected chi connectivity index (χ4v) is 4.18. The van der Waals surface area contributed by atoms with Crippen LogP contribution in [0.3, 0.4) is 0 Å². The predicted octanol–water partition coefficient (Wildman–Crippen LogP) is -1.33. The summed E-state index contributed by atoms with van der Waals surface area (Å²) in [7, 11) is 1.89. The number of quaternary nitrogens is 2. The number of rotatable bonds is 7. The van der Waals surface area contributed by atoms with Gasteiger partial charge in [-0.2, -0.15) is 0 Å². The molecule has 1 atom stereocenters. The van der Waals surface area contributed by atoms with E-state index in [-0.39, 0.29) is 17.9 Å². The molecule has 2 heterocycles. The Morgan fingerprint density at radius 3 is 2.56 bits per heavy atom. The molecule has 0 aromatic carbocycles. The molecule has 0 radical (unpaired) electrons. The number of piperazine rings is 1. The molecule has 8 heteroatoms. The lowest BCUT2D eigenvalue weighted by molar-refractivity contribution is -0.917. The van der Waals surface area contributed by atoms with E-state index in [2.05, 4.69) is 11.4 Å². The van der Waals surface area contributed by atoms with Gasteiger partial charge in [-0.1, -0.05) is 11.6 Å². The van der Waals surface area contributed by atoms with Gasteiger partial charge in [-0.05, 0) is 26.0 Å². The number of hydrogen-bond acceptors (Lipinski definition) is 3. The highest BCUT2D eigenvalue weighted by atomic mass is 35.5. The molecule has 0 bridgehead atoms. The maximum atomic E-state index is 12.4. The average Bonchev–Trinajstić information content (AvgIpc) is 2.91. The smallest absolute Gasteiger partial charge is 0.278 e. The molecule has 2 rings (SSSR count). The normalized spacial score (nSPS) is 16.9. The summed E-state index contributed by atoms with van der Waals surface area (Å²) in [5.74, 6) is 0.122. The van der Waals surface area contributed by atoms with E-state index in [4.69, 9.17) is 11.6 Å². The van der Waals surface area contributed by atoms with Gasteiger partial charge in [0.2, 0.25) is 0 Å². The SMILES string of the molecule is CC(C)NC(=O)C[NH+](C)CC(=O)N1CC[NH+](Cc2ccc(Cl)s2)CC1. The van der Waals surface area contributed by atoms with E-state index in [1.54, 1.807) is 11.3 Å². The van der Waals surface area contributed by atoms with Crippen LogP contribution in [0.5, 0.6) is 0 Å². The number of nitrogens with one attached hydrogen (secondary N) is 3. The van der Waals surface area contributed by atoms with Gasteiger partial charge in [0.05, 0.1) is 42.4 Å². The summed E-state index contributed by atoms with van der Waals surface area (Å²) in [4.78, 5) is 29.8. The fraction of sp³-hybridized carbons (Fsp3) is 0.647. The Morgan fingerprint density at radius 2 is 2.00 bits per heavy atom. The van der Waals surface area contributed by atoms with Crippen LogP contribution in [-0.4, -0.2) is 69.1 Å². The summed E-state index contributed by atoms with van der Waals surface area (Å²) in [6, 6.07) is 4.15. The first kappa shape index (κ1) is 20.2. The van der Waals surface area contributed by atoms with E-state index in [9.17, 15) is 9.59 Å². The minimum Gasteiger partial charge on any atom is -0.349 e. The van der Waals surface area contributed by atoms with E-state index in [1.807, 2.05) is 31.9 Å². The van der Waals surface area contributed by atoms with Crippen molar-refractivity contribution >= 4 is 34.8 Å². The van der Waals surface area contributed by atoms with Crippen molar-refractivity contribution in [1.29, 1.82) is 0 Å². The van der Waals surface area contributed by atoms with Crippen LogP contribution in [0, 0.1) is 0 Å². The van der Waals surface area contributed by atoms with Gasteiger partial charge in [0.25, 0.3) is 11.8 Å². The van der Waals surface area contributed by atoms with Gasteiger partial charge in [0.1, 0.15) is 6.54 Å². The number of halogens is 1. The monoisotopic (exact) mass is 388 g/mol. The molecule has 2 amide bonds. The maximum Gasteiger partial charge on any atom is 0.278 e. The Balaban J connectivity index is 1.70. The van der Waals surface area contributed by atoms with Crippen LogP contribution in [0.1, 0.15) is 18.7 Å². The van der Waals surface area contributed by atoms with Gasteiger partial charge in [0, 0.05) is 6.04 Å². The number of hydrogen-bond donors (Lipinski definition) is 3. The Hall–Kier alpha value is -1.15. The van der Waals surface area contributed by atoms with Crippen molar-refractivity contribution in [2.75, 3.05) is 46.3 Å². The summed E-state index contributed by atoms with van der Waals surface area (Å²) in [5.41, 5.74) is 0. The van der Waals surface area contributed by atoms with Crippen LogP contribution in [0.2, 0.25) is 4.34 Å². The van der Waals surface area contributed by atoms with E-state index < -0.39 is 0 Å². The summed E-state index contributed by atoms with van der Waals surface area (Å²) in [5, 5.41) is 2.86. The van der Waals surface area contributed by atoms with Gasteiger partial charge in [-0.15, -0.1) is 11.3 Å². The molecule has 6 nitrogen and oxygen atoms in total. The first-order chi connectivity index (χ1) is 11.8. The van der Waals surface area contributed by atoms with Crippen LogP contribution in [0.15, 0.2) is 12.1 Å². The largest absolute Gasteiger partial charge is 0.349 e.